The van der Waals surface area contributed by atoms with Crippen LogP contribution in [0.3, 0.4) is 0 Å². The van der Waals surface area contributed by atoms with Crippen LogP contribution in [-0.4, -0.2) is 29.1 Å². The van der Waals surface area contributed by atoms with Crippen LogP contribution in [0.2, 0.25) is 0 Å². The largest absolute Gasteiger partial charge is 0.454 e. The summed E-state index contributed by atoms with van der Waals surface area (Å²) in [7, 11) is 0. The van der Waals surface area contributed by atoms with Crippen molar-refractivity contribution in [2.45, 2.75) is 6.42 Å². The van der Waals surface area contributed by atoms with Crippen molar-refractivity contribution in [2.24, 2.45) is 17.6 Å². The first kappa shape index (κ1) is 19.4. The van der Waals surface area contributed by atoms with E-state index in [0.29, 0.717) is 62.7 Å². The Balaban J connectivity index is 1.65. The van der Waals surface area contributed by atoms with Gasteiger partial charge in [0, 0.05) is 24.1 Å². The van der Waals surface area contributed by atoms with Crippen LogP contribution >= 0.6 is 11.3 Å². The first-order chi connectivity index (χ1) is 15.0. The number of primary amides is 1. The summed E-state index contributed by atoms with van der Waals surface area (Å²) < 4.78 is 6.01. The van der Waals surface area contributed by atoms with Crippen LogP contribution in [-0.2, 0) is 0 Å². The first-order valence-electron chi connectivity index (χ1n) is 9.80. The number of carbonyl (C=O) groups excluding carboxylic acids is 1. The van der Waals surface area contributed by atoms with E-state index in [2.05, 4.69) is 16.4 Å². The third-order valence-electron chi connectivity index (χ3n) is 5.68. The van der Waals surface area contributed by atoms with E-state index in [1.54, 1.807) is 12.1 Å². The summed E-state index contributed by atoms with van der Waals surface area (Å²) in [6.45, 7) is 0.786. The minimum atomic E-state index is -0.619. The number of aliphatic hydroxyl groups excluding tert-OH is 1. The lowest BCUT2D eigenvalue weighted by Gasteiger charge is -2.10. The average Bonchev–Trinajstić information content (AvgIpc) is 3.20. The molecule has 6 N–H and O–H groups in total. The van der Waals surface area contributed by atoms with Gasteiger partial charge in [-0.05, 0) is 36.5 Å². The van der Waals surface area contributed by atoms with Crippen molar-refractivity contribution >= 4 is 39.0 Å². The Morgan fingerprint density at radius 2 is 2.23 bits per heavy atom. The quantitative estimate of drug-likeness (QED) is 0.364. The number of rotatable bonds is 6. The fourth-order valence-electron chi connectivity index (χ4n) is 3.88. The predicted molar refractivity (Wildman–Crippen MR) is 119 cm³/mol. The lowest BCUT2D eigenvalue weighted by atomic mass is 10.0. The van der Waals surface area contributed by atoms with E-state index >= 15 is 0 Å². The molecule has 156 valence electrons. The van der Waals surface area contributed by atoms with Crippen molar-refractivity contribution in [1.29, 1.82) is 5.26 Å². The highest BCUT2D eigenvalue weighted by molar-refractivity contribution is 7.21. The maximum absolute atomic E-state index is 12.2. The van der Waals surface area contributed by atoms with Crippen LogP contribution in [0.25, 0.3) is 32.9 Å². The molecule has 31 heavy (non-hydrogen) atoms. The molecular weight excluding hydrogens is 414 g/mol. The van der Waals surface area contributed by atoms with Crippen LogP contribution in [0.5, 0.6) is 0 Å². The standard InChI is InChI=1S/C22H19N5O3S/c23-7-11-5-14-17(18-15(24)6-10-2-1-3-16(10)30-18)19(20(25)29)31-22(14)27-21(11)26-8-12-4-13(12)9-28/h1-3,5-6,12-13,28H,4,8-9,24H2,(H2,25,29)(H,26,27)/t12-,13+/m0/s1. The van der Waals surface area contributed by atoms with Gasteiger partial charge in [-0.25, -0.2) is 4.98 Å². The number of pyridine rings is 1. The Morgan fingerprint density at radius 1 is 1.39 bits per heavy atom. The monoisotopic (exact) mass is 433 g/mol. The number of nitrogen functional groups attached to an aromatic ring is 1. The lowest BCUT2D eigenvalue weighted by molar-refractivity contribution is 0.100. The topological polar surface area (TPSA) is 151 Å². The zero-order valence-electron chi connectivity index (χ0n) is 16.4. The zero-order chi connectivity index (χ0) is 21.7. The number of aliphatic hydroxyl groups is 1. The summed E-state index contributed by atoms with van der Waals surface area (Å²) in [5, 5.41) is 22.7. The first-order valence-corrected chi connectivity index (χ1v) is 10.6. The van der Waals surface area contributed by atoms with E-state index in [-0.39, 0.29) is 11.5 Å². The minimum Gasteiger partial charge on any atom is -0.454 e. The van der Waals surface area contributed by atoms with E-state index in [9.17, 15) is 15.2 Å². The molecule has 1 fully saturated rings. The molecule has 1 aliphatic heterocycles. The molecular formula is C22H19N5O3S. The summed E-state index contributed by atoms with van der Waals surface area (Å²) in [5.74, 6) is 1.45. The molecule has 3 aliphatic rings. The van der Waals surface area contributed by atoms with Crippen molar-refractivity contribution in [2.75, 3.05) is 24.2 Å². The van der Waals surface area contributed by atoms with Crippen molar-refractivity contribution < 1.29 is 14.3 Å². The number of hydrogen-bond acceptors (Lipinski definition) is 8. The van der Waals surface area contributed by atoms with E-state index in [1.165, 1.54) is 0 Å². The number of hydrogen-bond donors (Lipinski definition) is 4. The van der Waals surface area contributed by atoms with Crippen molar-refractivity contribution in [3.8, 4) is 28.7 Å². The van der Waals surface area contributed by atoms with Crippen LogP contribution in [0.1, 0.15) is 21.7 Å². The Morgan fingerprint density at radius 3 is 2.94 bits per heavy atom. The number of nitriles is 1. The van der Waals surface area contributed by atoms with E-state index in [4.69, 9.17) is 15.9 Å². The van der Waals surface area contributed by atoms with Crippen molar-refractivity contribution in [3.05, 3.63) is 40.8 Å². The van der Waals surface area contributed by atoms with Gasteiger partial charge < -0.3 is 26.3 Å². The third-order valence-corrected chi connectivity index (χ3v) is 6.80. The van der Waals surface area contributed by atoms with Gasteiger partial charge in [-0.3, -0.25) is 4.79 Å². The number of fused-ring (bicyclic) bond motifs is 2. The molecule has 2 atom stereocenters. The van der Waals surface area contributed by atoms with Gasteiger partial charge in [-0.1, -0.05) is 12.1 Å². The zero-order valence-corrected chi connectivity index (χ0v) is 17.2. The van der Waals surface area contributed by atoms with Gasteiger partial charge in [0.05, 0.1) is 16.8 Å². The smallest absolute Gasteiger partial charge is 0.259 e. The van der Waals surface area contributed by atoms with Crippen LogP contribution < -0.4 is 16.8 Å². The van der Waals surface area contributed by atoms with E-state index in [1.807, 2.05) is 18.2 Å². The van der Waals surface area contributed by atoms with Crippen molar-refractivity contribution in [1.82, 2.24) is 4.98 Å². The second-order valence-corrected chi connectivity index (χ2v) is 8.71. The minimum absolute atomic E-state index is 0.165. The van der Waals surface area contributed by atoms with Gasteiger partial charge in [0.25, 0.3) is 5.91 Å². The molecule has 2 aliphatic carbocycles. The molecule has 1 saturated carbocycles. The molecule has 0 aromatic carbocycles. The van der Waals surface area contributed by atoms with Gasteiger partial charge in [-0.15, -0.1) is 11.3 Å². The number of nitrogens with one attached hydrogen (secondary N) is 1. The maximum atomic E-state index is 12.2. The van der Waals surface area contributed by atoms with Crippen molar-refractivity contribution in [3.63, 3.8) is 0 Å². The summed E-state index contributed by atoms with van der Waals surface area (Å²) >= 11 is 1.14. The fraction of sp³-hybridized carbons (Fsp3) is 0.227. The highest BCUT2D eigenvalue weighted by Crippen LogP contribution is 2.44. The molecule has 5 rings (SSSR count). The summed E-state index contributed by atoms with van der Waals surface area (Å²) in [6.07, 6.45) is 0.952. The second kappa shape index (κ2) is 7.27. The number of nitrogens with zero attached hydrogens (tertiary/aromatic N) is 2. The normalized spacial score (nSPS) is 17.7. The molecule has 8 nitrogen and oxygen atoms in total. The molecule has 1 amide bonds. The molecule has 9 heteroatoms. The summed E-state index contributed by atoms with van der Waals surface area (Å²) in [5.41, 5.74) is 13.9. The second-order valence-electron chi connectivity index (χ2n) is 7.72. The lowest BCUT2D eigenvalue weighted by Crippen LogP contribution is -2.10. The third kappa shape index (κ3) is 3.26. The Bertz CT molecular complexity index is 1340. The van der Waals surface area contributed by atoms with Gasteiger partial charge in [0.1, 0.15) is 27.4 Å². The highest BCUT2D eigenvalue weighted by Gasteiger charge is 2.36. The molecule has 0 bridgehead atoms. The number of nitrogens with two attached hydrogens (primary N) is 2. The number of carbonyl (C=O) groups is 1. The van der Waals surface area contributed by atoms with Crippen LogP contribution in [0.4, 0.5) is 11.5 Å². The predicted octanol–water partition coefficient (Wildman–Crippen LogP) is 3.25. The number of thiophene rings is 1. The van der Waals surface area contributed by atoms with Gasteiger partial charge in [0.15, 0.2) is 5.76 Å². The summed E-state index contributed by atoms with van der Waals surface area (Å²) in [6, 6.07) is 11.2. The fourth-order valence-corrected chi connectivity index (χ4v) is 4.89. The maximum Gasteiger partial charge on any atom is 0.259 e. The SMILES string of the molecule is N#Cc1cc2c(-c3oc4cccc-4cc3N)c(C(N)=O)sc2nc1NC[C@@H]1C[C@@H]1CO. The summed E-state index contributed by atoms with van der Waals surface area (Å²) in [4.78, 5) is 17.7. The van der Waals surface area contributed by atoms with Gasteiger partial charge in [0.2, 0.25) is 0 Å². The molecule has 2 aromatic heterocycles. The van der Waals surface area contributed by atoms with E-state index < -0.39 is 5.91 Å². The highest BCUT2D eigenvalue weighted by atomic mass is 32.1. The Hall–Kier alpha value is -3.61. The van der Waals surface area contributed by atoms with Gasteiger partial charge >= 0.3 is 0 Å². The molecule has 2 aromatic rings. The Kier molecular flexibility index (Phi) is 4.54. The molecule has 0 spiro atoms. The molecule has 3 heterocycles. The van der Waals surface area contributed by atoms with Gasteiger partial charge in [-0.2, -0.15) is 5.26 Å². The average molecular weight is 433 g/mol. The number of aromatic nitrogens is 1. The van der Waals surface area contributed by atoms with Crippen LogP contribution in [0, 0.1) is 23.2 Å². The number of amides is 1. The molecule has 0 unspecified atom stereocenters. The number of anilines is 2. The van der Waals surface area contributed by atoms with Crippen LogP contribution in [0.15, 0.2) is 34.7 Å². The molecule has 0 radical (unpaired) electrons. The molecule has 0 saturated heterocycles. The van der Waals surface area contributed by atoms with E-state index in [0.717, 1.165) is 23.3 Å². The Labute approximate surface area is 181 Å².